The Morgan fingerprint density at radius 1 is 1.11 bits per heavy atom. The maximum Gasteiger partial charge on any atom is 0.261 e. The van der Waals surface area contributed by atoms with Gasteiger partial charge in [0.1, 0.15) is 18.2 Å². The van der Waals surface area contributed by atoms with Crippen LogP contribution in [-0.2, 0) is 10.0 Å². The van der Waals surface area contributed by atoms with Crippen molar-refractivity contribution in [3.8, 4) is 5.75 Å². The van der Waals surface area contributed by atoms with Crippen LogP contribution in [0.15, 0.2) is 71.6 Å². The zero-order valence-corrected chi connectivity index (χ0v) is 20.3. The van der Waals surface area contributed by atoms with Gasteiger partial charge in [0.05, 0.1) is 22.2 Å². The first-order valence-electron chi connectivity index (χ1n) is 11.8. The van der Waals surface area contributed by atoms with Crippen LogP contribution in [0.1, 0.15) is 36.1 Å². The summed E-state index contributed by atoms with van der Waals surface area (Å²) in [7, 11) is -3.87. The lowest BCUT2D eigenvalue weighted by molar-refractivity contribution is 0.172. The zero-order chi connectivity index (χ0) is 25.1. The van der Waals surface area contributed by atoms with Crippen molar-refractivity contribution in [3.05, 3.63) is 83.8 Å². The monoisotopic (exact) mass is 510 g/mol. The Balaban J connectivity index is 1.10. The molecule has 0 aliphatic heterocycles. The Bertz CT molecular complexity index is 1450. The number of nitrogens with zero attached hydrogens (tertiary/aromatic N) is 1. The van der Waals surface area contributed by atoms with Crippen molar-refractivity contribution in [2.24, 2.45) is 0 Å². The second kappa shape index (κ2) is 10.3. The molecule has 0 radical (unpaired) electrons. The van der Waals surface area contributed by atoms with E-state index >= 15 is 0 Å². The first-order valence-corrected chi connectivity index (χ1v) is 13.3. The van der Waals surface area contributed by atoms with Crippen LogP contribution in [0.5, 0.6) is 5.75 Å². The van der Waals surface area contributed by atoms with Crippen molar-refractivity contribution in [1.82, 2.24) is 15.5 Å². The van der Waals surface area contributed by atoms with Crippen molar-refractivity contribution in [1.29, 1.82) is 0 Å². The van der Waals surface area contributed by atoms with Crippen LogP contribution in [0.3, 0.4) is 0 Å². The van der Waals surface area contributed by atoms with E-state index in [9.17, 15) is 17.9 Å². The number of halogens is 1. The van der Waals surface area contributed by atoms with Gasteiger partial charge in [-0.15, -0.1) is 0 Å². The zero-order valence-electron chi connectivity index (χ0n) is 19.4. The summed E-state index contributed by atoms with van der Waals surface area (Å²) in [5.41, 5.74) is 2.96. The fourth-order valence-corrected chi connectivity index (χ4v) is 5.06. The Kier molecular flexibility index (Phi) is 6.90. The normalized spacial score (nSPS) is 14.6. The number of sulfonamides is 1. The van der Waals surface area contributed by atoms with Crippen LogP contribution < -0.4 is 14.8 Å². The predicted molar refractivity (Wildman–Crippen MR) is 135 cm³/mol. The summed E-state index contributed by atoms with van der Waals surface area (Å²) < 4.78 is 46.4. The Morgan fingerprint density at radius 2 is 1.92 bits per heavy atom. The van der Waals surface area contributed by atoms with E-state index in [0.29, 0.717) is 30.3 Å². The molecule has 10 heteroatoms. The molecule has 3 aromatic carbocycles. The summed E-state index contributed by atoms with van der Waals surface area (Å²) in [4.78, 5) is -0.0495. The molecular weight excluding hydrogens is 483 g/mol. The maximum absolute atomic E-state index is 13.1. The smallest absolute Gasteiger partial charge is 0.261 e. The molecule has 0 bridgehead atoms. The molecule has 1 saturated carbocycles. The van der Waals surface area contributed by atoms with Gasteiger partial charge in [0.2, 0.25) is 0 Å². The van der Waals surface area contributed by atoms with Gasteiger partial charge in [-0.1, -0.05) is 12.1 Å². The first kappa shape index (κ1) is 24.2. The minimum atomic E-state index is -3.87. The minimum Gasteiger partial charge on any atom is -0.492 e. The fourth-order valence-electron chi connectivity index (χ4n) is 4.01. The molecule has 4 N–H and O–H groups in total. The number of benzene rings is 3. The van der Waals surface area contributed by atoms with E-state index < -0.39 is 21.9 Å². The number of aliphatic hydroxyl groups excluding tert-OH is 1. The minimum absolute atomic E-state index is 0.0495. The van der Waals surface area contributed by atoms with Gasteiger partial charge in [-0.25, -0.2) is 12.8 Å². The first-order chi connectivity index (χ1) is 17.4. The van der Waals surface area contributed by atoms with Crippen LogP contribution in [-0.4, -0.2) is 43.4 Å². The Morgan fingerprint density at radius 3 is 2.69 bits per heavy atom. The molecule has 0 spiro atoms. The second-order valence-electron chi connectivity index (χ2n) is 8.84. The molecule has 8 nitrogen and oxygen atoms in total. The van der Waals surface area contributed by atoms with Crippen LogP contribution in [0.2, 0.25) is 0 Å². The molecule has 0 unspecified atom stereocenters. The number of hydrogen-bond donors (Lipinski definition) is 4. The van der Waals surface area contributed by atoms with E-state index in [4.69, 9.17) is 4.74 Å². The van der Waals surface area contributed by atoms with E-state index in [2.05, 4.69) is 20.2 Å². The van der Waals surface area contributed by atoms with Crippen molar-refractivity contribution < 1.29 is 22.7 Å². The fraction of sp³-hybridized carbons (Fsp3) is 0.269. The van der Waals surface area contributed by atoms with Gasteiger partial charge in [-0.3, -0.25) is 9.82 Å². The lowest BCUT2D eigenvalue weighted by Gasteiger charge is -2.15. The number of anilines is 1. The van der Waals surface area contributed by atoms with Gasteiger partial charge >= 0.3 is 0 Å². The van der Waals surface area contributed by atoms with Crippen molar-refractivity contribution in [2.75, 3.05) is 24.4 Å². The average Bonchev–Trinajstić information content (AvgIpc) is 3.62. The molecule has 4 aromatic rings. The van der Waals surface area contributed by atoms with Crippen LogP contribution >= 0.6 is 0 Å². The molecule has 0 saturated heterocycles. The highest BCUT2D eigenvalue weighted by Gasteiger charge is 2.27. The topological polar surface area (TPSA) is 116 Å². The van der Waals surface area contributed by atoms with E-state index in [0.717, 1.165) is 34.5 Å². The third-order valence-corrected chi connectivity index (χ3v) is 7.46. The van der Waals surface area contributed by atoms with Gasteiger partial charge in [-0.2, -0.15) is 5.10 Å². The van der Waals surface area contributed by atoms with Crippen LogP contribution in [0.25, 0.3) is 10.9 Å². The molecule has 0 amide bonds. The lowest BCUT2D eigenvalue weighted by atomic mass is 10.1. The summed E-state index contributed by atoms with van der Waals surface area (Å²) in [6.45, 7) is 1.20. The molecule has 1 fully saturated rings. The largest absolute Gasteiger partial charge is 0.492 e. The molecule has 5 rings (SSSR count). The molecular formula is C26H27FN4O4S. The second-order valence-corrected chi connectivity index (χ2v) is 10.5. The van der Waals surface area contributed by atoms with E-state index in [1.165, 1.54) is 25.0 Å². The molecule has 1 heterocycles. The number of fused-ring (bicyclic) bond motifs is 1. The summed E-state index contributed by atoms with van der Waals surface area (Å²) >= 11 is 0. The Hall–Kier alpha value is -3.47. The van der Waals surface area contributed by atoms with Crippen molar-refractivity contribution in [2.45, 2.75) is 29.8 Å². The summed E-state index contributed by atoms with van der Waals surface area (Å²) in [6.07, 6.45) is 1.56. The van der Waals surface area contributed by atoms with Gasteiger partial charge in [0, 0.05) is 36.1 Å². The van der Waals surface area contributed by atoms with E-state index in [1.54, 1.807) is 24.3 Å². The number of aromatic nitrogens is 2. The Labute approximate surface area is 208 Å². The highest BCUT2D eigenvalue weighted by molar-refractivity contribution is 7.92. The predicted octanol–water partition coefficient (Wildman–Crippen LogP) is 4.08. The van der Waals surface area contributed by atoms with Crippen molar-refractivity contribution in [3.63, 3.8) is 0 Å². The van der Waals surface area contributed by atoms with Gasteiger partial charge in [0.15, 0.2) is 0 Å². The summed E-state index contributed by atoms with van der Waals surface area (Å²) in [6, 6.07) is 17.0. The quantitative estimate of drug-likeness (QED) is 0.226. The molecule has 1 aromatic heterocycles. The third-order valence-electron chi connectivity index (χ3n) is 6.06. The number of ether oxygens (including phenoxy) is 1. The number of aromatic amines is 1. The standard InChI is InChI=1S/C26H27FN4O4S/c27-19-6-9-22(10-7-19)36(33,34)31-20-3-1-2-18(14-20)25(32)16-28-12-13-35-21-8-11-23-24(15-21)29-30-26(23)17-4-5-17/h1-3,6-11,14-15,17,25,28,31-32H,4-5,12-13,16H2,(H,29,30)/t25-/m0/s1. The number of nitrogens with one attached hydrogen (secondary N) is 3. The van der Waals surface area contributed by atoms with E-state index in [-0.39, 0.29) is 11.4 Å². The van der Waals surface area contributed by atoms with Crippen LogP contribution in [0, 0.1) is 5.82 Å². The highest BCUT2D eigenvalue weighted by atomic mass is 32.2. The summed E-state index contributed by atoms with van der Waals surface area (Å²) in [5, 5.41) is 22.3. The highest BCUT2D eigenvalue weighted by Crippen LogP contribution is 2.42. The lowest BCUT2D eigenvalue weighted by Crippen LogP contribution is -2.26. The summed E-state index contributed by atoms with van der Waals surface area (Å²) in [5.74, 6) is 0.812. The van der Waals surface area contributed by atoms with Crippen LogP contribution in [0.4, 0.5) is 10.1 Å². The number of aliphatic hydroxyl groups is 1. The van der Waals surface area contributed by atoms with E-state index in [1.807, 2.05) is 18.2 Å². The average molecular weight is 511 g/mol. The molecule has 36 heavy (non-hydrogen) atoms. The number of hydrogen-bond acceptors (Lipinski definition) is 6. The van der Waals surface area contributed by atoms with Crippen molar-refractivity contribution >= 4 is 26.6 Å². The van der Waals surface area contributed by atoms with Gasteiger partial charge < -0.3 is 15.2 Å². The molecule has 1 aliphatic rings. The maximum atomic E-state index is 13.1. The third kappa shape index (κ3) is 5.67. The van der Waals surface area contributed by atoms with Gasteiger partial charge in [-0.05, 0) is 66.9 Å². The number of H-pyrrole nitrogens is 1. The number of rotatable bonds is 11. The molecule has 1 aliphatic carbocycles. The SMILES string of the molecule is O=S(=O)(Nc1cccc([C@@H](O)CNCCOc2ccc3c(C4CC4)n[nH]c3c2)c1)c1ccc(F)cc1. The van der Waals surface area contributed by atoms with Gasteiger partial charge in [0.25, 0.3) is 10.0 Å². The molecule has 1 atom stereocenters. The molecule has 188 valence electrons.